The van der Waals surface area contributed by atoms with Crippen LogP contribution in [0.3, 0.4) is 0 Å². The van der Waals surface area contributed by atoms with Gasteiger partial charge in [0.25, 0.3) is 5.91 Å². The Morgan fingerprint density at radius 1 is 1.09 bits per heavy atom. The molecule has 4 heteroatoms. The third-order valence-corrected chi connectivity index (χ3v) is 3.70. The average molecular weight is 318 g/mol. The maximum absolute atomic E-state index is 12.3. The number of nitrogens with one attached hydrogen (secondary N) is 1. The van der Waals surface area contributed by atoms with Crippen molar-refractivity contribution in [2.75, 3.05) is 5.32 Å². The van der Waals surface area contributed by atoms with E-state index in [-0.39, 0.29) is 5.91 Å². The summed E-state index contributed by atoms with van der Waals surface area (Å²) < 4.78 is 5.76. The zero-order valence-corrected chi connectivity index (χ0v) is 14.0. The molecule has 0 aliphatic carbocycles. The summed E-state index contributed by atoms with van der Waals surface area (Å²) in [7, 11) is 0. The summed E-state index contributed by atoms with van der Waals surface area (Å²) in [5.74, 6) is 0.515. The van der Waals surface area contributed by atoms with Crippen molar-refractivity contribution in [2.24, 2.45) is 0 Å². The largest absolute Gasteiger partial charge is 0.481 e. The quantitative estimate of drug-likeness (QED) is 0.889. The van der Waals surface area contributed by atoms with Crippen LogP contribution in [-0.4, -0.2) is 12.0 Å². The number of carbonyl (C=O) groups excluding carboxylic acids is 1. The van der Waals surface area contributed by atoms with Gasteiger partial charge in [0.15, 0.2) is 6.10 Å². The Labute approximate surface area is 136 Å². The molecule has 0 aliphatic rings. The Kier molecular flexibility index (Phi) is 5.09. The Balaban J connectivity index is 2.07. The van der Waals surface area contributed by atoms with Crippen LogP contribution in [0.15, 0.2) is 36.4 Å². The second-order valence-corrected chi connectivity index (χ2v) is 5.91. The molecule has 22 heavy (non-hydrogen) atoms. The van der Waals surface area contributed by atoms with E-state index in [2.05, 4.69) is 5.32 Å². The first-order valence-corrected chi connectivity index (χ1v) is 7.55. The Morgan fingerprint density at radius 3 is 2.50 bits per heavy atom. The normalized spacial score (nSPS) is 11.9. The second-order valence-electron chi connectivity index (χ2n) is 5.48. The molecule has 1 amide bonds. The van der Waals surface area contributed by atoms with E-state index < -0.39 is 6.10 Å². The molecule has 0 aliphatic heterocycles. The van der Waals surface area contributed by atoms with E-state index in [1.54, 1.807) is 19.1 Å². The Morgan fingerprint density at radius 2 is 1.82 bits per heavy atom. The van der Waals surface area contributed by atoms with Crippen molar-refractivity contribution in [2.45, 2.75) is 33.8 Å². The second kappa shape index (κ2) is 6.84. The van der Waals surface area contributed by atoms with Gasteiger partial charge in [-0.2, -0.15) is 0 Å². The van der Waals surface area contributed by atoms with Gasteiger partial charge in [-0.1, -0.05) is 35.4 Å². The minimum Gasteiger partial charge on any atom is -0.481 e. The summed E-state index contributed by atoms with van der Waals surface area (Å²) in [6.45, 7) is 7.64. The van der Waals surface area contributed by atoms with Crippen LogP contribution in [0, 0.1) is 20.8 Å². The minimum atomic E-state index is -0.597. The Bertz CT molecular complexity index is 697. The number of benzene rings is 2. The van der Waals surface area contributed by atoms with Crippen LogP contribution in [0.25, 0.3) is 0 Å². The van der Waals surface area contributed by atoms with Crippen LogP contribution >= 0.6 is 11.6 Å². The molecule has 3 nitrogen and oxygen atoms in total. The lowest BCUT2D eigenvalue weighted by atomic mass is 10.1. The van der Waals surface area contributed by atoms with Gasteiger partial charge in [-0.25, -0.2) is 0 Å². The highest BCUT2D eigenvalue weighted by molar-refractivity contribution is 6.31. The van der Waals surface area contributed by atoms with Crippen molar-refractivity contribution in [3.8, 4) is 5.75 Å². The zero-order valence-electron chi connectivity index (χ0n) is 13.2. The number of ether oxygens (including phenoxy) is 1. The fraction of sp³-hybridized carbons (Fsp3) is 0.278. The molecule has 0 heterocycles. The van der Waals surface area contributed by atoms with E-state index in [1.165, 1.54) is 0 Å². The SMILES string of the molecule is Cc1ccc(OC(C)C(=O)Nc2cc(Cl)ccc2C)c(C)c1. The monoisotopic (exact) mass is 317 g/mol. The molecule has 2 rings (SSSR count). The molecule has 0 fully saturated rings. The zero-order chi connectivity index (χ0) is 16.3. The molecular formula is C18H20ClNO2. The number of hydrogen-bond acceptors (Lipinski definition) is 2. The van der Waals surface area contributed by atoms with Crippen LogP contribution in [0.1, 0.15) is 23.6 Å². The van der Waals surface area contributed by atoms with E-state index in [1.807, 2.05) is 45.0 Å². The number of rotatable bonds is 4. The van der Waals surface area contributed by atoms with Gasteiger partial charge >= 0.3 is 0 Å². The summed E-state index contributed by atoms with van der Waals surface area (Å²) in [6.07, 6.45) is -0.597. The van der Waals surface area contributed by atoms with Crippen LogP contribution < -0.4 is 10.1 Å². The molecule has 1 unspecified atom stereocenters. The number of carbonyl (C=O) groups is 1. The number of hydrogen-bond donors (Lipinski definition) is 1. The first kappa shape index (κ1) is 16.4. The van der Waals surface area contributed by atoms with Crippen LogP contribution in [-0.2, 0) is 4.79 Å². The lowest BCUT2D eigenvalue weighted by molar-refractivity contribution is -0.122. The van der Waals surface area contributed by atoms with Gasteiger partial charge in [-0.3, -0.25) is 4.79 Å². The van der Waals surface area contributed by atoms with Gasteiger partial charge in [0.1, 0.15) is 5.75 Å². The van der Waals surface area contributed by atoms with E-state index in [4.69, 9.17) is 16.3 Å². The molecule has 1 N–H and O–H groups in total. The molecular weight excluding hydrogens is 298 g/mol. The fourth-order valence-corrected chi connectivity index (χ4v) is 2.31. The fourth-order valence-electron chi connectivity index (χ4n) is 2.14. The minimum absolute atomic E-state index is 0.203. The molecule has 1 atom stereocenters. The number of anilines is 1. The summed E-state index contributed by atoms with van der Waals surface area (Å²) in [5.41, 5.74) is 3.83. The van der Waals surface area contributed by atoms with Crippen LogP contribution in [0.5, 0.6) is 5.75 Å². The molecule has 0 saturated heterocycles. The standard InChI is InChI=1S/C18H20ClNO2/c1-11-5-8-17(13(3)9-11)22-14(4)18(21)20-16-10-15(19)7-6-12(16)2/h5-10,14H,1-4H3,(H,20,21). The average Bonchev–Trinajstić information content (AvgIpc) is 2.45. The van der Waals surface area contributed by atoms with Gasteiger partial charge in [0.2, 0.25) is 0 Å². The molecule has 0 radical (unpaired) electrons. The molecule has 0 spiro atoms. The van der Waals surface area contributed by atoms with Gasteiger partial charge in [0.05, 0.1) is 0 Å². The Hall–Kier alpha value is -2.00. The smallest absolute Gasteiger partial charge is 0.265 e. The van der Waals surface area contributed by atoms with Crippen molar-refractivity contribution in [3.63, 3.8) is 0 Å². The van der Waals surface area contributed by atoms with Gasteiger partial charge in [0, 0.05) is 10.7 Å². The highest BCUT2D eigenvalue weighted by atomic mass is 35.5. The highest BCUT2D eigenvalue weighted by Gasteiger charge is 2.16. The van der Waals surface area contributed by atoms with Crippen molar-refractivity contribution in [1.82, 2.24) is 0 Å². The van der Waals surface area contributed by atoms with E-state index in [0.29, 0.717) is 10.7 Å². The molecule has 2 aromatic rings. The maximum atomic E-state index is 12.3. The summed E-state index contributed by atoms with van der Waals surface area (Å²) in [5, 5.41) is 3.44. The van der Waals surface area contributed by atoms with Gasteiger partial charge in [-0.05, 0) is 57.0 Å². The first-order chi connectivity index (χ1) is 10.4. The summed E-state index contributed by atoms with van der Waals surface area (Å²) in [6, 6.07) is 11.3. The summed E-state index contributed by atoms with van der Waals surface area (Å²) in [4.78, 5) is 12.3. The molecule has 0 bridgehead atoms. The third kappa shape index (κ3) is 4.01. The number of aryl methyl sites for hydroxylation is 3. The third-order valence-electron chi connectivity index (χ3n) is 3.46. The highest BCUT2D eigenvalue weighted by Crippen LogP contribution is 2.22. The van der Waals surface area contributed by atoms with Crippen LogP contribution in [0.2, 0.25) is 5.02 Å². The molecule has 0 aromatic heterocycles. The summed E-state index contributed by atoms with van der Waals surface area (Å²) >= 11 is 5.96. The van der Waals surface area contributed by atoms with E-state index >= 15 is 0 Å². The lowest BCUT2D eigenvalue weighted by Gasteiger charge is -2.17. The van der Waals surface area contributed by atoms with Gasteiger partial charge in [-0.15, -0.1) is 0 Å². The first-order valence-electron chi connectivity index (χ1n) is 7.18. The van der Waals surface area contributed by atoms with Gasteiger partial charge < -0.3 is 10.1 Å². The molecule has 2 aromatic carbocycles. The number of amides is 1. The molecule has 116 valence electrons. The number of halogens is 1. The van der Waals surface area contributed by atoms with Crippen molar-refractivity contribution in [1.29, 1.82) is 0 Å². The van der Waals surface area contributed by atoms with Crippen molar-refractivity contribution < 1.29 is 9.53 Å². The molecule has 0 saturated carbocycles. The van der Waals surface area contributed by atoms with Crippen molar-refractivity contribution in [3.05, 3.63) is 58.1 Å². The predicted octanol–water partition coefficient (Wildman–Crippen LogP) is 4.67. The lowest BCUT2D eigenvalue weighted by Crippen LogP contribution is -2.30. The van der Waals surface area contributed by atoms with E-state index in [9.17, 15) is 4.79 Å². The van der Waals surface area contributed by atoms with Crippen LogP contribution in [0.4, 0.5) is 5.69 Å². The maximum Gasteiger partial charge on any atom is 0.265 e. The topological polar surface area (TPSA) is 38.3 Å². The predicted molar refractivity (Wildman–Crippen MR) is 90.8 cm³/mol. The van der Waals surface area contributed by atoms with Crippen molar-refractivity contribution >= 4 is 23.2 Å². The van der Waals surface area contributed by atoms with E-state index in [0.717, 1.165) is 22.4 Å².